The van der Waals surface area contributed by atoms with E-state index in [1.165, 1.54) is 6.42 Å². The molecule has 1 aromatic rings. The first-order valence-corrected chi connectivity index (χ1v) is 6.98. The highest BCUT2D eigenvalue weighted by Crippen LogP contribution is 2.11. The molecule has 2 rings (SSSR count). The molecule has 0 saturated carbocycles. The third-order valence-electron chi connectivity index (χ3n) is 3.53. The number of rotatable bonds is 4. The van der Waals surface area contributed by atoms with Crippen molar-refractivity contribution in [1.29, 1.82) is 0 Å². The van der Waals surface area contributed by atoms with Gasteiger partial charge in [-0.3, -0.25) is 4.79 Å². The summed E-state index contributed by atoms with van der Waals surface area (Å²) in [5.41, 5.74) is 1.61. The van der Waals surface area contributed by atoms with Crippen molar-refractivity contribution in [3.63, 3.8) is 0 Å². The number of piperidine rings is 1. The lowest BCUT2D eigenvalue weighted by atomic mass is 10.0. The number of hydrogen-bond acceptors (Lipinski definition) is 2. The van der Waals surface area contributed by atoms with Gasteiger partial charge >= 0.3 is 12.0 Å². The second-order valence-corrected chi connectivity index (χ2v) is 5.05. The average Bonchev–Trinajstić information content (AvgIpc) is 2.46. The molecule has 1 fully saturated rings. The predicted molar refractivity (Wildman–Crippen MR) is 75.4 cm³/mol. The maximum absolute atomic E-state index is 12.0. The van der Waals surface area contributed by atoms with Gasteiger partial charge in [0, 0.05) is 19.6 Å². The summed E-state index contributed by atoms with van der Waals surface area (Å²) in [7, 11) is 0. The molecule has 0 spiro atoms. The van der Waals surface area contributed by atoms with Crippen LogP contribution in [-0.4, -0.2) is 35.1 Å². The summed E-state index contributed by atoms with van der Waals surface area (Å²) in [5, 5.41) is 11.8. The number of amides is 2. The van der Waals surface area contributed by atoms with Gasteiger partial charge in [-0.1, -0.05) is 24.3 Å². The van der Waals surface area contributed by atoms with Crippen molar-refractivity contribution < 1.29 is 14.7 Å². The van der Waals surface area contributed by atoms with E-state index in [9.17, 15) is 9.59 Å². The van der Waals surface area contributed by atoms with Crippen LogP contribution in [0.15, 0.2) is 24.3 Å². The Labute approximate surface area is 118 Å². The molecular formula is C15H20N2O3. The van der Waals surface area contributed by atoms with Crippen LogP contribution in [-0.2, 0) is 17.8 Å². The molecule has 1 aromatic carbocycles. The Kier molecular flexibility index (Phi) is 4.98. The maximum Gasteiger partial charge on any atom is 0.317 e. The quantitative estimate of drug-likeness (QED) is 0.883. The number of likely N-dealkylation sites (tertiary alicyclic amines) is 1. The zero-order valence-electron chi connectivity index (χ0n) is 11.5. The molecule has 0 aromatic heterocycles. The van der Waals surface area contributed by atoms with E-state index in [0.29, 0.717) is 6.54 Å². The fraction of sp³-hybridized carbons (Fsp3) is 0.467. The van der Waals surface area contributed by atoms with Crippen molar-refractivity contribution in [1.82, 2.24) is 10.2 Å². The summed E-state index contributed by atoms with van der Waals surface area (Å²) >= 11 is 0. The smallest absolute Gasteiger partial charge is 0.317 e. The van der Waals surface area contributed by atoms with Crippen LogP contribution in [0.4, 0.5) is 4.79 Å². The van der Waals surface area contributed by atoms with Gasteiger partial charge in [0.25, 0.3) is 0 Å². The van der Waals surface area contributed by atoms with E-state index >= 15 is 0 Å². The molecule has 0 atom stereocenters. The minimum Gasteiger partial charge on any atom is -0.481 e. The number of nitrogens with one attached hydrogen (secondary N) is 1. The van der Waals surface area contributed by atoms with Gasteiger partial charge in [0.15, 0.2) is 0 Å². The number of carbonyl (C=O) groups excluding carboxylic acids is 1. The summed E-state index contributed by atoms with van der Waals surface area (Å²) in [4.78, 5) is 24.6. The van der Waals surface area contributed by atoms with Crippen LogP contribution in [0.2, 0.25) is 0 Å². The number of aliphatic carboxylic acids is 1. The van der Waals surface area contributed by atoms with Gasteiger partial charge < -0.3 is 15.3 Å². The number of hydrogen-bond donors (Lipinski definition) is 2. The topological polar surface area (TPSA) is 69.6 Å². The summed E-state index contributed by atoms with van der Waals surface area (Å²) in [5.74, 6) is -0.861. The molecule has 2 amide bonds. The van der Waals surface area contributed by atoms with Gasteiger partial charge in [-0.25, -0.2) is 4.79 Å². The zero-order valence-corrected chi connectivity index (χ0v) is 11.5. The Hall–Kier alpha value is -2.04. The molecule has 0 unspecified atom stereocenters. The molecule has 0 bridgehead atoms. The summed E-state index contributed by atoms with van der Waals surface area (Å²) in [6.07, 6.45) is 3.28. The molecule has 20 heavy (non-hydrogen) atoms. The van der Waals surface area contributed by atoms with Gasteiger partial charge in [0.05, 0.1) is 6.42 Å². The van der Waals surface area contributed by atoms with Crippen LogP contribution >= 0.6 is 0 Å². The second kappa shape index (κ2) is 6.93. The van der Waals surface area contributed by atoms with E-state index in [1.54, 1.807) is 6.07 Å². The number of urea groups is 1. The lowest BCUT2D eigenvalue weighted by Gasteiger charge is -2.27. The number of nitrogens with zero attached hydrogens (tertiary/aromatic N) is 1. The molecule has 2 N–H and O–H groups in total. The molecule has 1 aliphatic rings. The normalized spacial score (nSPS) is 14.9. The highest BCUT2D eigenvalue weighted by molar-refractivity contribution is 5.74. The highest BCUT2D eigenvalue weighted by atomic mass is 16.4. The van der Waals surface area contributed by atoms with E-state index < -0.39 is 5.97 Å². The SMILES string of the molecule is O=C(O)Cc1ccccc1CNC(=O)N1CCCCC1. The minimum absolute atomic E-state index is 0.0181. The van der Waals surface area contributed by atoms with Gasteiger partial charge in [-0.15, -0.1) is 0 Å². The average molecular weight is 276 g/mol. The number of carbonyl (C=O) groups is 2. The Morgan fingerprint density at radius 1 is 1.10 bits per heavy atom. The number of carboxylic acids is 1. The van der Waals surface area contributed by atoms with Crippen LogP contribution in [0, 0.1) is 0 Å². The molecular weight excluding hydrogens is 256 g/mol. The van der Waals surface area contributed by atoms with Crippen LogP contribution in [0.25, 0.3) is 0 Å². The van der Waals surface area contributed by atoms with Crippen molar-refractivity contribution in [3.8, 4) is 0 Å². The molecule has 1 saturated heterocycles. The predicted octanol–water partition coefficient (Wildman–Crippen LogP) is 2.01. The van der Waals surface area contributed by atoms with E-state index in [0.717, 1.165) is 37.1 Å². The largest absolute Gasteiger partial charge is 0.481 e. The Morgan fingerprint density at radius 2 is 1.75 bits per heavy atom. The first-order chi connectivity index (χ1) is 9.66. The summed E-state index contributed by atoms with van der Waals surface area (Å²) in [6.45, 7) is 1.99. The van der Waals surface area contributed by atoms with Crippen molar-refractivity contribution >= 4 is 12.0 Å². The lowest BCUT2D eigenvalue weighted by Crippen LogP contribution is -2.42. The standard InChI is InChI=1S/C15H20N2O3/c18-14(19)10-12-6-2-3-7-13(12)11-16-15(20)17-8-4-1-5-9-17/h2-3,6-7H,1,4-5,8-11H2,(H,16,20)(H,18,19). The van der Waals surface area contributed by atoms with Crippen LogP contribution in [0.1, 0.15) is 30.4 Å². The van der Waals surface area contributed by atoms with Crippen LogP contribution in [0.3, 0.4) is 0 Å². The van der Waals surface area contributed by atoms with Gasteiger partial charge in [-0.2, -0.15) is 0 Å². The van der Waals surface area contributed by atoms with Crippen LogP contribution < -0.4 is 5.32 Å². The van der Waals surface area contributed by atoms with Crippen molar-refractivity contribution in [2.45, 2.75) is 32.2 Å². The Bertz CT molecular complexity index is 482. The fourth-order valence-corrected chi connectivity index (χ4v) is 2.44. The maximum atomic E-state index is 12.0. The fourth-order valence-electron chi connectivity index (χ4n) is 2.44. The number of benzene rings is 1. The molecule has 0 aliphatic carbocycles. The Balaban J connectivity index is 1.92. The van der Waals surface area contributed by atoms with E-state index in [1.807, 2.05) is 23.1 Å². The van der Waals surface area contributed by atoms with Crippen molar-refractivity contribution in [2.24, 2.45) is 0 Å². The second-order valence-electron chi connectivity index (χ2n) is 5.05. The zero-order chi connectivity index (χ0) is 14.4. The van der Waals surface area contributed by atoms with Crippen molar-refractivity contribution in [2.75, 3.05) is 13.1 Å². The molecule has 5 nitrogen and oxygen atoms in total. The van der Waals surface area contributed by atoms with E-state index in [4.69, 9.17) is 5.11 Å². The summed E-state index contributed by atoms with van der Waals surface area (Å²) < 4.78 is 0. The molecule has 0 radical (unpaired) electrons. The molecule has 1 aliphatic heterocycles. The Morgan fingerprint density at radius 3 is 2.40 bits per heavy atom. The number of carboxylic acid groups (broad SMARTS) is 1. The summed E-state index contributed by atoms with van der Waals surface area (Å²) in [6, 6.07) is 7.25. The first kappa shape index (κ1) is 14.4. The molecule has 108 valence electrons. The lowest BCUT2D eigenvalue weighted by molar-refractivity contribution is -0.136. The van der Waals surface area contributed by atoms with Gasteiger partial charge in [0.1, 0.15) is 0 Å². The van der Waals surface area contributed by atoms with Crippen LogP contribution in [0.5, 0.6) is 0 Å². The van der Waals surface area contributed by atoms with Gasteiger partial charge in [-0.05, 0) is 30.4 Å². The first-order valence-electron chi connectivity index (χ1n) is 6.98. The minimum atomic E-state index is -0.861. The monoisotopic (exact) mass is 276 g/mol. The van der Waals surface area contributed by atoms with E-state index in [-0.39, 0.29) is 12.5 Å². The third kappa shape index (κ3) is 3.98. The van der Waals surface area contributed by atoms with Gasteiger partial charge in [0.2, 0.25) is 0 Å². The highest BCUT2D eigenvalue weighted by Gasteiger charge is 2.16. The van der Waals surface area contributed by atoms with Crippen molar-refractivity contribution in [3.05, 3.63) is 35.4 Å². The molecule has 5 heteroatoms. The molecule has 1 heterocycles. The van der Waals surface area contributed by atoms with E-state index in [2.05, 4.69) is 5.32 Å². The third-order valence-corrected chi connectivity index (χ3v) is 3.53.